The number of ether oxygens (including phenoxy) is 1. The summed E-state index contributed by atoms with van der Waals surface area (Å²) in [4.78, 5) is 36.0. The van der Waals surface area contributed by atoms with Crippen LogP contribution in [0.2, 0.25) is 0 Å². The first-order valence-electron chi connectivity index (χ1n) is 10.9. The van der Waals surface area contributed by atoms with E-state index in [1.807, 2.05) is 30.9 Å². The normalized spacial score (nSPS) is 22.8. The number of aliphatic carboxylic acids is 1. The van der Waals surface area contributed by atoms with E-state index in [0.717, 1.165) is 36.3 Å². The molecule has 2 heterocycles. The second kappa shape index (κ2) is 9.32. The van der Waals surface area contributed by atoms with Crippen LogP contribution in [-0.4, -0.2) is 47.1 Å². The van der Waals surface area contributed by atoms with Crippen molar-refractivity contribution >= 4 is 22.8 Å². The number of carboxylic acid groups (broad SMARTS) is 1. The van der Waals surface area contributed by atoms with E-state index in [-0.39, 0.29) is 17.6 Å². The summed E-state index contributed by atoms with van der Waals surface area (Å²) in [6, 6.07) is 3.94. The highest BCUT2D eigenvalue weighted by Gasteiger charge is 2.42. The van der Waals surface area contributed by atoms with Gasteiger partial charge in [-0.3, -0.25) is 9.59 Å². The van der Waals surface area contributed by atoms with Crippen LogP contribution in [-0.2, 0) is 9.59 Å². The number of benzene rings is 1. The molecule has 3 N–H and O–H groups in total. The van der Waals surface area contributed by atoms with Crippen molar-refractivity contribution in [2.75, 3.05) is 13.1 Å². The Bertz CT molecular complexity index is 1070. The Morgan fingerprint density at radius 1 is 1.16 bits per heavy atom. The van der Waals surface area contributed by atoms with Crippen LogP contribution in [0.3, 0.4) is 0 Å². The predicted octanol–water partition coefficient (Wildman–Crippen LogP) is 2.77. The maximum absolute atomic E-state index is 13.0. The summed E-state index contributed by atoms with van der Waals surface area (Å²) in [5, 5.41) is 8.17. The van der Waals surface area contributed by atoms with Crippen LogP contribution in [0.15, 0.2) is 21.3 Å². The van der Waals surface area contributed by atoms with Gasteiger partial charge in [-0.2, -0.15) is 0 Å². The first kappa shape index (κ1) is 23.8. The van der Waals surface area contributed by atoms with Crippen LogP contribution in [0.5, 0.6) is 5.75 Å². The number of carbonyl (C=O) groups excluding carboxylic acids is 1. The summed E-state index contributed by atoms with van der Waals surface area (Å²) < 4.78 is 11.6. The van der Waals surface area contributed by atoms with Crippen molar-refractivity contribution in [3.05, 3.63) is 39.2 Å². The molecular formula is C24H32N2O6. The molecule has 8 nitrogen and oxygen atoms in total. The third-order valence-electron chi connectivity index (χ3n) is 6.53. The molecule has 2 aromatic rings. The van der Waals surface area contributed by atoms with E-state index in [1.54, 1.807) is 13.8 Å². The molecule has 32 heavy (non-hydrogen) atoms. The van der Waals surface area contributed by atoms with Crippen molar-refractivity contribution < 1.29 is 23.8 Å². The van der Waals surface area contributed by atoms with Crippen molar-refractivity contribution in [1.29, 1.82) is 0 Å². The Hall–Kier alpha value is -2.87. The van der Waals surface area contributed by atoms with Crippen LogP contribution in [0, 0.1) is 32.6 Å². The molecule has 0 radical (unpaired) electrons. The van der Waals surface area contributed by atoms with Gasteiger partial charge in [-0.25, -0.2) is 4.79 Å². The zero-order chi connectivity index (χ0) is 23.7. The number of hydrogen-bond donors (Lipinski definition) is 2. The van der Waals surface area contributed by atoms with E-state index in [4.69, 9.17) is 24.8 Å². The van der Waals surface area contributed by atoms with Crippen molar-refractivity contribution in [2.45, 2.75) is 59.6 Å². The highest BCUT2D eigenvalue weighted by atomic mass is 16.5. The van der Waals surface area contributed by atoms with Crippen LogP contribution < -0.4 is 16.1 Å². The number of carboxylic acids is 1. The molecule has 2 bridgehead atoms. The number of hydrogen-bond acceptors (Lipinski definition) is 6. The first-order valence-corrected chi connectivity index (χ1v) is 10.9. The lowest BCUT2D eigenvalue weighted by Gasteiger charge is -2.37. The molecule has 1 aromatic heterocycles. The Kier molecular flexibility index (Phi) is 6.93. The topological polar surface area (TPSA) is 123 Å². The molecule has 1 aliphatic heterocycles. The van der Waals surface area contributed by atoms with Gasteiger partial charge in [-0.05, 0) is 75.6 Å². The highest BCUT2D eigenvalue weighted by Crippen LogP contribution is 2.36. The van der Waals surface area contributed by atoms with Gasteiger partial charge in [0.2, 0.25) is 0 Å². The van der Waals surface area contributed by atoms with Gasteiger partial charge in [-0.15, -0.1) is 0 Å². The molecule has 1 aromatic carbocycles. The Morgan fingerprint density at radius 2 is 1.72 bits per heavy atom. The van der Waals surface area contributed by atoms with Crippen molar-refractivity contribution in [1.82, 2.24) is 4.90 Å². The number of fused-ring (bicyclic) bond motifs is 3. The summed E-state index contributed by atoms with van der Waals surface area (Å²) in [7, 11) is 0. The largest absolute Gasteiger partial charge is 0.481 e. The second-order valence-electron chi connectivity index (χ2n) is 8.97. The van der Waals surface area contributed by atoms with Gasteiger partial charge in [0.05, 0.1) is 5.39 Å². The SMILES string of the molecule is CC(=O)O.Cc1cc(OC(C)C(=O)N2C[C@H]3CC[C@@H](C2)C3N)c2c(C)c(C)c(=O)oc2c1. The van der Waals surface area contributed by atoms with E-state index in [1.165, 1.54) is 0 Å². The van der Waals surface area contributed by atoms with Crippen molar-refractivity contribution in [3.63, 3.8) is 0 Å². The zero-order valence-corrected chi connectivity index (χ0v) is 19.3. The standard InChI is InChI=1S/C22H28N2O4.C2H4O2/c1-11-7-17(19-12(2)13(3)22(26)28-18(19)8-11)27-14(4)21(25)24-9-15-5-6-16(10-24)20(15)23;1-2(3)4/h7-8,14-16,20H,5-6,9-10,23H2,1-4H3;1H3,(H,3,4)/t14?,15-,16+,20?;. The van der Waals surface area contributed by atoms with Crippen molar-refractivity contribution in [2.24, 2.45) is 17.6 Å². The van der Waals surface area contributed by atoms with Crippen molar-refractivity contribution in [3.8, 4) is 5.75 Å². The Balaban J connectivity index is 0.000000668. The minimum absolute atomic E-state index is 0.00906. The summed E-state index contributed by atoms with van der Waals surface area (Å²) in [6.45, 7) is 9.84. The summed E-state index contributed by atoms with van der Waals surface area (Å²) >= 11 is 0. The smallest absolute Gasteiger partial charge is 0.339 e. The van der Waals surface area contributed by atoms with Crippen LogP contribution in [0.25, 0.3) is 11.0 Å². The lowest BCUT2D eigenvalue weighted by molar-refractivity contribution is -0.140. The average Bonchev–Trinajstić information content (AvgIpc) is 2.90. The van der Waals surface area contributed by atoms with E-state index < -0.39 is 12.1 Å². The molecule has 2 fully saturated rings. The maximum atomic E-state index is 13.0. The third kappa shape index (κ3) is 4.80. The van der Waals surface area contributed by atoms with Gasteiger partial charge < -0.3 is 24.9 Å². The molecule has 0 spiro atoms. The third-order valence-corrected chi connectivity index (χ3v) is 6.53. The predicted molar refractivity (Wildman–Crippen MR) is 121 cm³/mol. The number of nitrogens with zero attached hydrogens (tertiary/aromatic N) is 1. The van der Waals surface area contributed by atoms with E-state index in [0.29, 0.717) is 41.8 Å². The van der Waals surface area contributed by atoms with Gasteiger partial charge in [0.15, 0.2) is 6.10 Å². The van der Waals surface area contributed by atoms with Gasteiger partial charge in [0, 0.05) is 31.6 Å². The number of amides is 1. The molecule has 4 rings (SSSR count). The van der Waals surface area contributed by atoms with Crippen LogP contribution in [0.1, 0.15) is 43.4 Å². The maximum Gasteiger partial charge on any atom is 0.339 e. The molecular weight excluding hydrogens is 412 g/mol. The summed E-state index contributed by atoms with van der Waals surface area (Å²) in [5.74, 6) is 0.532. The van der Waals surface area contributed by atoms with Gasteiger partial charge >= 0.3 is 5.63 Å². The fourth-order valence-electron chi connectivity index (χ4n) is 4.72. The summed E-state index contributed by atoms with van der Waals surface area (Å²) in [5.41, 5.74) is 8.70. The number of nitrogens with two attached hydrogens (primary N) is 1. The molecule has 1 aliphatic carbocycles. The fourth-order valence-corrected chi connectivity index (χ4v) is 4.72. The lowest BCUT2D eigenvalue weighted by Crippen LogP contribution is -2.53. The number of likely N-dealkylation sites (tertiary alicyclic amines) is 1. The van der Waals surface area contributed by atoms with E-state index in [2.05, 4.69) is 0 Å². The monoisotopic (exact) mass is 444 g/mol. The zero-order valence-electron chi connectivity index (χ0n) is 19.3. The second-order valence-corrected chi connectivity index (χ2v) is 8.97. The Labute approximate surface area is 187 Å². The van der Waals surface area contributed by atoms with Gasteiger partial charge in [-0.1, -0.05) is 0 Å². The first-order chi connectivity index (χ1) is 15.0. The minimum atomic E-state index is -0.833. The van der Waals surface area contributed by atoms with Crippen LogP contribution >= 0.6 is 0 Å². The number of piperidine rings is 1. The molecule has 1 saturated heterocycles. The quantitative estimate of drug-likeness (QED) is 0.698. The minimum Gasteiger partial charge on any atom is -0.481 e. The molecule has 2 aliphatic rings. The average molecular weight is 445 g/mol. The van der Waals surface area contributed by atoms with Gasteiger partial charge in [0.1, 0.15) is 11.3 Å². The molecule has 1 saturated carbocycles. The summed E-state index contributed by atoms with van der Waals surface area (Å²) in [6.07, 6.45) is 1.58. The molecule has 1 amide bonds. The van der Waals surface area contributed by atoms with Crippen LogP contribution in [0.4, 0.5) is 0 Å². The number of carbonyl (C=O) groups is 2. The number of rotatable bonds is 3. The Morgan fingerprint density at radius 3 is 2.28 bits per heavy atom. The molecule has 2 unspecified atom stereocenters. The van der Waals surface area contributed by atoms with Gasteiger partial charge in [0.25, 0.3) is 11.9 Å². The number of aryl methyl sites for hydroxylation is 2. The lowest BCUT2D eigenvalue weighted by atomic mass is 9.93. The van der Waals surface area contributed by atoms with E-state index >= 15 is 0 Å². The molecule has 4 atom stereocenters. The molecule has 174 valence electrons. The highest BCUT2D eigenvalue weighted by molar-refractivity contribution is 5.89. The fraction of sp³-hybridized carbons (Fsp3) is 0.542. The molecule has 8 heteroatoms. The van der Waals surface area contributed by atoms with E-state index in [9.17, 15) is 9.59 Å².